The summed E-state index contributed by atoms with van der Waals surface area (Å²) < 4.78 is 5.19. The summed E-state index contributed by atoms with van der Waals surface area (Å²) in [6.45, 7) is 3.68. The minimum absolute atomic E-state index is 0.275. The van der Waals surface area contributed by atoms with Gasteiger partial charge in [-0.1, -0.05) is 54.6 Å². The quantitative estimate of drug-likeness (QED) is 0.884. The lowest BCUT2D eigenvalue weighted by Crippen LogP contribution is -2.27. The molecule has 3 heteroatoms. The zero-order chi connectivity index (χ0) is 15.7. The van der Waals surface area contributed by atoms with Gasteiger partial charge in [-0.05, 0) is 30.5 Å². The number of hydrogen-bond donors (Lipinski definition) is 1. The second-order valence-corrected chi connectivity index (χ2v) is 5.45. The van der Waals surface area contributed by atoms with Gasteiger partial charge >= 0.3 is 5.97 Å². The van der Waals surface area contributed by atoms with E-state index in [4.69, 9.17) is 4.74 Å². The zero-order valence-electron chi connectivity index (χ0n) is 12.7. The van der Waals surface area contributed by atoms with Gasteiger partial charge in [0.05, 0.1) is 12.2 Å². The maximum atomic E-state index is 12.5. The molecule has 0 amide bonds. The Labute approximate surface area is 129 Å². The van der Waals surface area contributed by atoms with E-state index in [1.165, 1.54) is 0 Å². The Hall–Kier alpha value is -2.39. The molecule has 3 nitrogen and oxygen atoms in total. The molecule has 0 saturated heterocycles. The molecule has 0 aromatic heterocycles. The van der Waals surface area contributed by atoms with E-state index >= 15 is 0 Å². The van der Waals surface area contributed by atoms with E-state index in [1.54, 1.807) is 13.8 Å². The smallest absolute Gasteiger partial charge is 0.337 e. The molecule has 1 N–H and O–H groups in total. The van der Waals surface area contributed by atoms with Crippen molar-refractivity contribution in [1.82, 2.24) is 0 Å². The van der Waals surface area contributed by atoms with Gasteiger partial charge in [-0.2, -0.15) is 0 Å². The van der Waals surface area contributed by atoms with E-state index in [9.17, 15) is 9.90 Å². The van der Waals surface area contributed by atoms with Crippen LogP contribution in [0.15, 0.2) is 60.2 Å². The van der Waals surface area contributed by atoms with Crippen LogP contribution in [0.25, 0.3) is 5.57 Å². The molecular formula is C19H18O3. The predicted molar refractivity (Wildman–Crippen MR) is 85.1 cm³/mol. The molecule has 1 aliphatic carbocycles. The first kappa shape index (κ1) is 14.5. The Morgan fingerprint density at radius 2 is 1.73 bits per heavy atom. The van der Waals surface area contributed by atoms with Crippen molar-refractivity contribution in [1.29, 1.82) is 0 Å². The van der Waals surface area contributed by atoms with E-state index in [1.807, 2.05) is 54.6 Å². The molecule has 0 bridgehead atoms. The summed E-state index contributed by atoms with van der Waals surface area (Å²) in [6.07, 6.45) is 0. The molecule has 0 heterocycles. The Morgan fingerprint density at radius 1 is 1.09 bits per heavy atom. The van der Waals surface area contributed by atoms with Crippen LogP contribution >= 0.6 is 0 Å². The highest BCUT2D eigenvalue weighted by Crippen LogP contribution is 2.47. The minimum Gasteiger partial charge on any atom is -0.463 e. The van der Waals surface area contributed by atoms with E-state index in [-0.39, 0.29) is 6.61 Å². The highest BCUT2D eigenvalue weighted by molar-refractivity contribution is 6.07. The average molecular weight is 294 g/mol. The second-order valence-electron chi connectivity index (χ2n) is 5.45. The van der Waals surface area contributed by atoms with Gasteiger partial charge in [-0.25, -0.2) is 4.79 Å². The molecule has 1 atom stereocenters. The number of hydrogen-bond acceptors (Lipinski definition) is 3. The first-order chi connectivity index (χ1) is 10.6. The molecule has 0 aliphatic heterocycles. The van der Waals surface area contributed by atoms with Crippen LogP contribution in [-0.4, -0.2) is 17.7 Å². The van der Waals surface area contributed by atoms with Crippen molar-refractivity contribution in [2.75, 3.05) is 6.61 Å². The van der Waals surface area contributed by atoms with E-state index in [2.05, 4.69) is 0 Å². The first-order valence-corrected chi connectivity index (χ1v) is 7.37. The zero-order valence-corrected chi connectivity index (χ0v) is 12.7. The summed E-state index contributed by atoms with van der Waals surface area (Å²) >= 11 is 0. The van der Waals surface area contributed by atoms with Crippen LogP contribution in [0, 0.1) is 0 Å². The van der Waals surface area contributed by atoms with Gasteiger partial charge in [0.25, 0.3) is 0 Å². The molecular weight excluding hydrogens is 276 g/mol. The van der Waals surface area contributed by atoms with Crippen LogP contribution in [0.1, 0.15) is 30.5 Å². The average Bonchev–Trinajstić information content (AvgIpc) is 2.77. The summed E-state index contributed by atoms with van der Waals surface area (Å²) in [4.78, 5) is 12.5. The maximum Gasteiger partial charge on any atom is 0.337 e. The molecule has 0 saturated carbocycles. The molecule has 0 spiro atoms. The van der Waals surface area contributed by atoms with Crippen molar-refractivity contribution in [3.8, 4) is 0 Å². The van der Waals surface area contributed by atoms with Gasteiger partial charge < -0.3 is 9.84 Å². The molecule has 2 aromatic carbocycles. The third kappa shape index (κ3) is 2.14. The molecule has 1 unspecified atom stereocenters. The van der Waals surface area contributed by atoms with Crippen molar-refractivity contribution in [2.24, 2.45) is 0 Å². The number of benzene rings is 2. The number of ether oxygens (including phenoxy) is 1. The summed E-state index contributed by atoms with van der Waals surface area (Å²) in [5.41, 5.74) is 2.21. The molecule has 0 radical (unpaired) electrons. The Bertz CT molecular complexity index is 742. The van der Waals surface area contributed by atoms with Crippen molar-refractivity contribution in [3.05, 3.63) is 76.9 Å². The van der Waals surface area contributed by atoms with Gasteiger partial charge in [0.1, 0.15) is 5.60 Å². The number of carbonyl (C=O) groups excluding carboxylic acids is 1. The molecule has 0 fully saturated rings. The molecule has 22 heavy (non-hydrogen) atoms. The Balaban J connectivity index is 2.29. The third-order valence-corrected chi connectivity index (χ3v) is 4.00. The summed E-state index contributed by atoms with van der Waals surface area (Å²) in [6, 6.07) is 17.2. The van der Waals surface area contributed by atoms with Gasteiger partial charge in [0, 0.05) is 5.57 Å². The fraction of sp³-hybridized carbons (Fsp3) is 0.211. The molecule has 1 aliphatic rings. The predicted octanol–water partition coefficient (Wildman–Crippen LogP) is 3.27. The topological polar surface area (TPSA) is 46.5 Å². The third-order valence-electron chi connectivity index (χ3n) is 4.00. The van der Waals surface area contributed by atoms with Crippen molar-refractivity contribution in [2.45, 2.75) is 19.4 Å². The van der Waals surface area contributed by atoms with Crippen LogP contribution < -0.4 is 0 Å². The number of carbonyl (C=O) groups is 1. The van der Waals surface area contributed by atoms with E-state index in [0.717, 1.165) is 22.3 Å². The van der Waals surface area contributed by atoms with Crippen LogP contribution in [0.2, 0.25) is 0 Å². The van der Waals surface area contributed by atoms with Crippen LogP contribution in [-0.2, 0) is 15.1 Å². The lowest BCUT2D eigenvalue weighted by atomic mass is 9.92. The number of aliphatic hydroxyl groups is 1. The summed E-state index contributed by atoms with van der Waals surface area (Å²) in [5, 5.41) is 11.0. The number of rotatable bonds is 3. The van der Waals surface area contributed by atoms with Gasteiger partial charge in [-0.15, -0.1) is 0 Å². The Morgan fingerprint density at radius 3 is 2.41 bits per heavy atom. The highest BCUT2D eigenvalue weighted by Gasteiger charge is 2.44. The maximum absolute atomic E-state index is 12.5. The lowest BCUT2D eigenvalue weighted by Gasteiger charge is -2.21. The van der Waals surface area contributed by atoms with Crippen molar-refractivity contribution < 1.29 is 14.6 Å². The second kappa shape index (κ2) is 5.43. The fourth-order valence-electron chi connectivity index (χ4n) is 3.05. The Kier molecular flexibility index (Phi) is 3.59. The van der Waals surface area contributed by atoms with Gasteiger partial charge in [0.15, 0.2) is 0 Å². The summed E-state index contributed by atoms with van der Waals surface area (Å²) in [7, 11) is 0. The largest absolute Gasteiger partial charge is 0.463 e. The minimum atomic E-state index is -1.35. The van der Waals surface area contributed by atoms with E-state index in [0.29, 0.717) is 5.57 Å². The van der Waals surface area contributed by atoms with Crippen LogP contribution in [0.3, 0.4) is 0 Å². The lowest BCUT2D eigenvalue weighted by molar-refractivity contribution is -0.140. The molecule has 112 valence electrons. The van der Waals surface area contributed by atoms with Gasteiger partial charge in [0.2, 0.25) is 0 Å². The normalized spacial score (nSPS) is 20.0. The molecule has 2 aromatic rings. The number of fused-ring (bicyclic) bond motifs is 1. The standard InChI is InChI=1S/C19H18O3/c1-3-22-18(20)17-16(13-9-5-4-6-10-13)14-11-7-8-12-15(14)19(17,2)21/h4-12,21H,3H2,1-2H3. The number of esters is 1. The van der Waals surface area contributed by atoms with Crippen LogP contribution in [0.4, 0.5) is 0 Å². The highest BCUT2D eigenvalue weighted by atomic mass is 16.5. The first-order valence-electron chi connectivity index (χ1n) is 7.37. The summed E-state index contributed by atoms with van der Waals surface area (Å²) in [5.74, 6) is -0.470. The van der Waals surface area contributed by atoms with Crippen LogP contribution in [0.5, 0.6) is 0 Å². The molecule has 3 rings (SSSR count). The SMILES string of the molecule is CCOC(=O)C1=C(c2ccccc2)c2ccccc2C1(C)O. The van der Waals surface area contributed by atoms with Crippen molar-refractivity contribution >= 4 is 11.5 Å². The van der Waals surface area contributed by atoms with Crippen molar-refractivity contribution in [3.63, 3.8) is 0 Å². The monoisotopic (exact) mass is 294 g/mol. The fourth-order valence-corrected chi connectivity index (χ4v) is 3.05. The van der Waals surface area contributed by atoms with E-state index < -0.39 is 11.6 Å². The van der Waals surface area contributed by atoms with Gasteiger partial charge in [-0.3, -0.25) is 0 Å².